The van der Waals surface area contributed by atoms with Crippen LogP contribution in [0.3, 0.4) is 0 Å². The standard InChI is InChI=1S/C17H23N3O4S/c1-5-19(15-8-6-7-13(2)11-15)17(21)9-10-20(25(4,22)23)16-12-14(3)24-18-16/h6-8,11-12H,5,9-10H2,1-4H3. The molecule has 1 amide bonds. The highest BCUT2D eigenvalue weighted by Crippen LogP contribution is 2.20. The lowest BCUT2D eigenvalue weighted by atomic mass is 10.2. The topological polar surface area (TPSA) is 83.7 Å². The van der Waals surface area contributed by atoms with Gasteiger partial charge in [0.1, 0.15) is 5.76 Å². The lowest BCUT2D eigenvalue weighted by Crippen LogP contribution is -2.37. The third kappa shape index (κ3) is 4.82. The maximum Gasteiger partial charge on any atom is 0.233 e. The number of carbonyl (C=O) groups excluding carboxylic acids is 1. The van der Waals surface area contributed by atoms with Crippen molar-refractivity contribution in [1.29, 1.82) is 0 Å². The first-order valence-corrected chi connectivity index (χ1v) is 9.85. The van der Waals surface area contributed by atoms with Crippen molar-refractivity contribution in [2.24, 2.45) is 0 Å². The summed E-state index contributed by atoms with van der Waals surface area (Å²) in [5.41, 5.74) is 1.86. The second-order valence-corrected chi connectivity index (χ2v) is 7.76. The third-order valence-corrected chi connectivity index (χ3v) is 4.90. The molecule has 0 unspecified atom stereocenters. The summed E-state index contributed by atoms with van der Waals surface area (Å²) in [6.07, 6.45) is 1.13. The van der Waals surface area contributed by atoms with Gasteiger partial charge in [-0.2, -0.15) is 0 Å². The van der Waals surface area contributed by atoms with Crippen LogP contribution in [0.5, 0.6) is 0 Å². The van der Waals surface area contributed by atoms with E-state index in [2.05, 4.69) is 5.16 Å². The van der Waals surface area contributed by atoms with Gasteiger partial charge in [0.05, 0.1) is 6.26 Å². The Bertz CT molecular complexity index is 845. The van der Waals surface area contributed by atoms with Crippen molar-refractivity contribution in [1.82, 2.24) is 5.16 Å². The van der Waals surface area contributed by atoms with Crippen LogP contribution in [-0.4, -0.2) is 38.8 Å². The molecule has 1 aromatic carbocycles. The Balaban J connectivity index is 2.15. The Hall–Kier alpha value is -2.35. The van der Waals surface area contributed by atoms with E-state index in [1.165, 1.54) is 6.07 Å². The van der Waals surface area contributed by atoms with Gasteiger partial charge in [-0.05, 0) is 38.5 Å². The first-order chi connectivity index (χ1) is 11.7. The van der Waals surface area contributed by atoms with Crippen molar-refractivity contribution >= 4 is 27.4 Å². The van der Waals surface area contributed by atoms with E-state index in [9.17, 15) is 13.2 Å². The summed E-state index contributed by atoms with van der Waals surface area (Å²) < 4.78 is 30.1. The molecular weight excluding hydrogens is 342 g/mol. The average Bonchev–Trinajstić information content (AvgIpc) is 2.93. The smallest absolute Gasteiger partial charge is 0.233 e. The van der Waals surface area contributed by atoms with Gasteiger partial charge in [-0.15, -0.1) is 0 Å². The number of aromatic nitrogens is 1. The summed E-state index contributed by atoms with van der Waals surface area (Å²) in [7, 11) is -3.56. The number of hydrogen-bond acceptors (Lipinski definition) is 5. The molecule has 0 fully saturated rings. The molecule has 0 atom stereocenters. The molecule has 25 heavy (non-hydrogen) atoms. The molecule has 0 aliphatic heterocycles. The molecule has 8 heteroatoms. The molecule has 0 N–H and O–H groups in total. The van der Waals surface area contributed by atoms with E-state index < -0.39 is 10.0 Å². The lowest BCUT2D eigenvalue weighted by Gasteiger charge is -2.24. The number of amides is 1. The number of hydrogen-bond donors (Lipinski definition) is 0. The van der Waals surface area contributed by atoms with Crippen molar-refractivity contribution in [3.63, 3.8) is 0 Å². The van der Waals surface area contributed by atoms with E-state index in [1.54, 1.807) is 11.8 Å². The van der Waals surface area contributed by atoms with E-state index in [1.807, 2.05) is 38.1 Å². The minimum Gasteiger partial charge on any atom is -0.360 e. The van der Waals surface area contributed by atoms with Gasteiger partial charge in [0, 0.05) is 31.3 Å². The van der Waals surface area contributed by atoms with Crippen LogP contribution in [0.2, 0.25) is 0 Å². The van der Waals surface area contributed by atoms with Crippen molar-refractivity contribution in [2.45, 2.75) is 27.2 Å². The number of anilines is 2. The molecule has 0 saturated heterocycles. The van der Waals surface area contributed by atoms with Gasteiger partial charge in [-0.25, -0.2) is 8.42 Å². The molecule has 2 aromatic rings. The van der Waals surface area contributed by atoms with E-state index in [-0.39, 0.29) is 24.7 Å². The zero-order chi connectivity index (χ0) is 18.6. The molecule has 2 rings (SSSR count). The summed E-state index contributed by atoms with van der Waals surface area (Å²) in [5.74, 6) is 0.540. The van der Waals surface area contributed by atoms with Gasteiger partial charge in [0.25, 0.3) is 0 Å². The van der Waals surface area contributed by atoms with Crippen LogP contribution in [0.1, 0.15) is 24.7 Å². The van der Waals surface area contributed by atoms with Crippen molar-refractivity contribution in [2.75, 3.05) is 28.6 Å². The molecule has 1 heterocycles. The molecule has 0 bridgehead atoms. The zero-order valence-corrected chi connectivity index (χ0v) is 15.7. The first-order valence-electron chi connectivity index (χ1n) is 8.00. The number of nitrogens with zero attached hydrogens (tertiary/aromatic N) is 3. The molecular formula is C17H23N3O4S. The molecule has 0 aliphatic carbocycles. The highest BCUT2D eigenvalue weighted by Gasteiger charge is 2.23. The summed E-state index contributed by atoms with van der Waals surface area (Å²) in [6.45, 7) is 6.03. The summed E-state index contributed by atoms with van der Waals surface area (Å²) in [4.78, 5) is 14.3. The van der Waals surface area contributed by atoms with Crippen molar-refractivity contribution in [3.05, 3.63) is 41.7 Å². The molecule has 0 spiro atoms. The number of carbonyl (C=O) groups is 1. The fraction of sp³-hybridized carbons (Fsp3) is 0.412. The fourth-order valence-electron chi connectivity index (χ4n) is 2.55. The maximum atomic E-state index is 12.6. The molecule has 0 saturated carbocycles. The Morgan fingerprint density at radius 3 is 2.48 bits per heavy atom. The van der Waals surface area contributed by atoms with E-state index in [4.69, 9.17) is 4.52 Å². The van der Waals surface area contributed by atoms with Crippen LogP contribution in [-0.2, 0) is 14.8 Å². The van der Waals surface area contributed by atoms with Crippen LogP contribution in [0, 0.1) is 13.8 Å². The predicted molar refractivity (Wildman–Crippen MR) is 97.3 cm³/mol. The summed E-state index contributed by atoms with van der Waals surface area (Å²) in [6, 6.07) is 9.17. The van der Waals surface area contributed by atoms with Crippen LogP contribution in [0.15, 0.2) is 34.9 Å². The minimum absolute atomic E-state index is 0.00591. The van der Waals surface area contributed by atoms with Crippen molar-refractivity contribution < 1.29 is 17.7 Å². The van der Waals surface area contributed by atoms with Crippen molar-refractivity contribution in [3.8, 4) is 0 Å². The molecule has 0 radical (unpaired) electrons. The van der Waals surface area contributed by atoms with Gasteiger partial charge in [-0.1, -0.05) is 17.3 Å². The highest BCUT2D eigenvalue weighted by atomic mass is 32.2. The number of sulfonamides is 1. The number of benzene rings is 1. The monoisotopic (exact) mass is 365 g/mol. The van der Waals surface area contributed by atoms with E-state index in [0.29, 0.717) is 12.3 Å². The first kappa shape index (κ1) is 19.0. The van der Waals surface area contributed by atoms with Crippen LogP contribution < -0.4 is 9.21 Å². The molecule has 136 valence electrons. The van der Waals surface area contributed by atoms with Gasteiger partial charge >= 0.3 is 0 Å². The van der Waals surface area contributed by atoms with Crippen LogP contribution in [0.25, 0.3) is 0 Å². The Kier molecular flexibility index (Phi) is 5.84. The predicted octanol–water partition coefficient (Wildman–Crippen LogP) is 2.50. The zero-order valence-electron chi connectivity index (χ0n) is 14.9. The van der Waals surface area contributed by atoms with Gasteiger partial charge in [-0.3, -0.25) is 9.10 Å². The second kappa shape index (κ2) is 7.69. The van der Waals surface area contributed by atoms with E-state index in [0.717, 1.165) is 21.8 Å². The van der Waals surface area contributed by atoms with Gasteiger partial charge in [0.15, 0.2) is 5.82 Å². The van der Waals surface area contributed by atoms with Gasteiger partial charge in [0.2, 0.25) is 15.9 Å². The highest BCUT2D eigenvalue weighted by molar-refractivity contribution is 7.92. The van der Waals surface area contributed by atoms with Crippen LogP contribution >= 0.6 is 0 Å². The van der Waals surface area contributed by atoms with Gasteiger partial charge < -0.3 is 9.42 Å². The average molecular weight is 365 g/mol. The summed E-state index contributed by atoms with van der Waals surface area (Å²) >= 11 is 0. The summed E-state index contributed by atoms with van der Waals surface area (Å²) in [5, 5.41) is 3.74. The fourth-order valence-corrected chi connectivity index (χ4v) is 3.40. The lowest BCUT2D eigenvalue weighted by molar-refractivity contribution is -0.118. The minimum atomic E-state index is -3.56. The largest absolute Gasteiger partial charge is 0.360 e. The normalized spacial score (nSPS) is 11.4. The molecule has 7 nitrogen and oxygen atoms in total. The quantitative estimate of drug-likeness (QED) is 0.753. The van der Waals surface area contributed by atoms with Crippen LogP contribution in [0.4, 0.5) is 11.5 Å². The Labute approximate surface area is 148 Å². The number of rotatable bonds is 7. The number of aryl methyl sites for hydroxylation is 2. The Morgan fingerprint density at radius 1 is 1.24 bits per heavy atom. The van der Waals surface area contributed by atoms with E-state index >= 15 is 0 Å². The maximum absolute atomic E-state index is 12.6. The SMILES string of the molecule is CCN(C(=O)CCN(c1cc(C)on1)S(C)(=O)=O)c1cccc(C)c1. The molecule has 0 aliphatic rings. The molecule has 1 aromatic heterocycles. The second-order valence-electron chi connectivity index (χ2n) is 5.86. The third-order valence-electron chi connectivity index (χ3n) is 3.73. The Morgan fingerprint density at radius 2 is 1.96 bits per heavy atom.